The molecule has 3 rings (SSSR count). The average Bonchev–Trinajstić information content (AvgIpc) is 2.76. The largest absolute Gasteiger partial charge is 0.416 e. The number of alkyl halides is 3. The van der Waals surface area contributed by atoms with Crippen LogP contribution in [0.15, 0.2) is 63.2 Å². The molecule has 2 aromatic heterocycles. The predicted octanol–water partition coefficient (Wildman–Crippen LogP) is 2.63. The van der Waals surface area contributed by atoms with E-state index in [1.807, 2.05) is 0 Å². The maximum Gasteiger partial charge on any atom is 0.416 e. The minimum Gasteiger partial charge on any atom is -0.346 e. The molecule has 3 aromatic rings. The van der Waals surface area contributed by atoms with Gasteiger partial charge in [0.1, 0.15) is 5.56 Å². The van der Waals surface area contributed by atoms with Gasteiger partial charge in [-0.05, 0) is 43.3 Å². The van der Waals surface area contributed by atoms with Gasteiger partial charge in [-0.1, -0.05) is 6.07 Å². The molecule has 0 aliphatic rings. The van der Waals surface area contributed by atoms with Gasteiger partial charge in [0.05, 0.1) is 38.4 Å². The first-order valence-electron chi connectivity index (χ1n) is 9.91. The Kier molecular flexibility index (Phi) is 7.31. The van der Waals surface area contributed by atoms with Crippen molar-refractivity contribution in [3.8, 4) is 5.69 Å². The molecule has 8 nitrogen and oxygen atoms in total. The molecular formula is C22H20F3N3O5S2. The van der Waals surface area contributed by atoms with Crippen LogP contribution in [0.3, 0.4) is 0 Å². The molecular weight excluding hydrogens is 507 g/mol. The zero-order valence-electron chi connectivity index (χ0n) is 18.7. The molecule has 1 unspecified atom stereocenters. The minimum absolute atomic E-state index is 0.00912. The molecule has 186 valence electrons. The monoisotopic (exact) mass is 527 g/mol. The summed E-state index contributed by atoms with van der Waals surface area (Å²) in [5.74, 6) is -0.864. The SMILES string of the molecule is Cc1c(S(C)=O)cc(C(=O)NCc2ccc(S(C)(=O)=O)cn2)c(=O)n1-c1cccc(C(F)(F)F)c1. The second kappa shape index (κ2) is 9.74. The molecule has 0 aliphatic carbocycles. The summed E-state index contributed by atoms with van der Waals surface area (Å²) in [7, 11) is -5.12. The topological polar surface area (TPSA) is 115 Å². The Morgan fingerprint density at radius 3 is 2.40 bits per heavy atom. The Hall–Kier alpha value is -3.32. The van der Waals surface area contributed by atoms with Gasteiger partial charge in [-0.2, -0.15) is 13.2 Å². The Labute approximate surface area is 201 Å². The molecule has 1 atom stereocenters. The Bertz CT molecular complexity index is 1480. The van der Waals surface area contributed by atoms with E-state index in [0.29, 0.717) is 5.69 Å². The van der Waals surface area contributed by atoms with Gasteiger partial charge >= 0.3 is 6.18 Å². The Morgan fingerprint density at radius 1 is 1.17 bits per heavy atom. The van der Waals surface area contributed by atoms with Crippen molar-refractivity contribution in [3.05, 3.63) is 81.5 Å². The second-order valence-corrected chi connectivity index (χ2v) is 11.0. The normalized spacial score (nSPS) is 12.9. The van der Waals surface area contributed by atoms with E-state index >= 15 is 0 Å². The standard InChI is InChI=1S/C22H20F3N3O5S2/c1-13-19(34(2)31)10-18(20(29)27-11-15-7-8-17(12-26-15)35(3,32)33)21(30)28(13)16-6-4-5-14(9-16)22(23,24)25/h4-10,12H,11H2,1-3H3,(H,27,29). The molecule has 13 heteroatoms. The third kappa shape index (κ3) is 5.85. The minimum atomic E-state index is -4.65. The molecule has 0 saturated carbocycles. The van der Waals surface area contributed by atoms with Gasteiger partial charge in [-0.3, -0.25) is 23.3 Å². The van der Waals surface area contributed by atoms with Crippen molar-refractivity contribution in [3.63, 3.8) is 0 Å². The number of hydrogen-bond acceptors (Lipinski definition) is 6. The number of carbonyl (C=O) groups excluding carboxylic acids is 1. The van der Waals surface area contributed by atoms with E-state index in [1.165, 1.54) is 31.4 Å². The van der Waals surface area contributed by atoms with Crippen LogP contribution in [0.4, 0.5) is 13.2 Å². The summed E-state index contributed by atoms with van der Waals surface area (Å²) in [4.78, 5) is 30.1. The van der Waals surface area contributed by atoms with Crippen LogP contribution in [0, 0.1) is 6.92 Å². The molecule has 1 aromatic carbocycles. The van der Waals surface area contributed by atoms with Crippen LogP contribution in [-0.4, -0.2) is 40.6 Å². The summed E-state index contributed by atoms with van der Waals surface area (Å²) in [5.41, 5.74) is -2.01. The highest BCUT2D eigenvalue weighted by Gasteiger charge is 2.31. The van der Waals surface area contributed by atoms with Gasteiger partial charge in [0.25, 0.3) is 11.5 Å². The molecule has 0 bridgehead atoms. The average molecular weight is 528 g/mol. The van der Waals surface area contributed by atoms with Gasteiger partial charge in [-0.25, -0.2) is 8.42 Å². The summed E-state index contributed by atoms with van der Waals surface area (Å²) in [6, 6.07) is 7.88. The number of halogens is 3. The number of nitrogens with zero attached hydrogens (tertiary/aromatic N) is 2. The van der Waals surface area contributed by atoms with E-state index in [1.54, 1.807) is 0 Å². The number of rotatable bonds is 6. The fraction of sp³-hybridized carbons (Fsp3) is 0.227. The van der Waals surface area contributed by atoms with Crippen LogP contribution in [0.2, 0.25) is 0 Å². The number of amides is 1. The third-order valence-electron chi connectivity index (χ3n) is 5.04. The van der Waals surface area contributed by atoms with Crippen molar-refractivity contribution < 1.29 is 30.6 Å². The van der Waals surface area contributed by atoms with Gasteiger partial charge in [0, 0.05) is 30.1 Å². The molecule has 0 fully saturated rings. The van der Waals surface area contributed by atoms with Crippen molar-refractivity contribution in [1.82, 2.24) is 14.9 Å². The van der Waals surface area contributed by atoms with Crippen molar-refractivity contribution in [2.45, 2.75) is 29.4 Å². The van der Waals surface area contributed by atoms with E-state index in [2.05, 4.69) is 10.3 Å². The fourth-order valence-corrected chi connectivity index (χ4v) is 4.62. The van der Waals surface area contributed by atoms with Crippen LogP contribution in [0.5, 0.6) is 0 Å². The second-order valence-electron chi connectivity index (χ2n) is 7.59. The van der Waals surface area contributed by atoms with Gasteiger partial charge < -0.3 is 5.32 Å². The highest BCUT2D eigenvalue weighted by molar-refractivity contribution is 7.90. The summed E-state index contributed by atoms with van der Waals surface area (Å²) in [6.45, 7) is 1.26. The molecule has 1 N–H and O–H groups in total. The first kappa shape index (κ1) is 26.3. The number of sulfone groups is 1. The third-order valence-corrected chi connectivity index (χ3v) is 7.17. The fourth-order valence-electron chi connectivity index (χ4n) is 3.27. The van der Waals surface area contributed by atoms with Crippen molar-refractivity contribution >= 4 is 26.5 Å². The van der Waals surface area contributed by atoms with E-state index < -0.39 is 49.4 Å². The lowest BCUT2D eigenvalue weighted by Crippen LogP contribution is -2.34. The van der Waals surface area contributed by atoms with Crippen molar-refractivity contribution in [2.75, 3.05) is 12.5 Å². The summed E-state index contributed by atoms with van der Waals surface area (Å²) in [6.07, 6.45) is -1.19. The highest BCUT2D eigenvalue weighted by atomic mass is 32.2. The Balaban J connectivity index is 2.01. The summed E-state index contributed by atoms with van der Waals surface area (Å²) < 4.78 is 75.9. The maximum absolute atomic E-state index is 13.2. The van der Waals surface area contributed by atoms with Crippen LogP contribution in [0.25, 0.3) is 5.69 Å². The quantitative estimate of drug-likeness (QED) is 0.527. The van der Waals surface area contributed by atoms with E-state index in [0.717, 1.165) is 41.3 Å². The van der Waals surface area contributed by atoms with Crippen LogP contribution < -0.4 is 10.9 Å². The van der Waals surface area contributed by atoms with Gasteiger partial charge in [0.2, 0.25) is 0 Å². The molecule has 35 heavy (non-hydrogen) atoms. The molecule has 0 aliphatic heterocycles. The molecule has 0 radical (unpaired) electrons. The first-order valence-corrected chi connectivity index (χ1v) is 13.4. The summed E-state index contributed by atoms with van der Waals surface area (Å²) >= 11 is 0. The van der Waals surface area contributed by atoms with E-state index in [9.17, 15) is 35.4 Å². The number of carbonyl (C=O) groups is 1. The maximum atomic E-state index is 13.2. The first-order chi connectivity index (χ1) is 16.2. The number of benzene rings is 1. The molecule has 0 spiro atoms. The van der Waals surface area contributed by atoms with Crippen molar-refractivity contribution in [2.24, 2.45) is 0 Å². The highest BCUT2D eigenvalue weighted by Crippen LogP contribution is 2.30. The number of nitrogens with one attached hydrogen (secondary N) is 1. The predicted molar refractivity (Wildman–Crippen MR) is 123 cm³/mol. The smallest absolute Gasteiger partial charge is 0.346 e. The van der Waals surface area contributed by atoms with E-state index in [4.69, 9.17) is 0 Å². The van der Waals surface area contributed by atoms with Crippen molar-refractivity contribution in [1.29, 1.82) is 0 Å². The van der Waals surface area contributed by atoms with Crippen LogP contribution in [-0.2, 0) is 33.4 Å². The van der Waals surface area contributed by atoms with Gasteiger partial charge in [0.15, 0.2) is 9.84 Å². The summed E-state index contributed by atoms with van der Waals surface area (Å²) in [5, 5.41) is 2.47. The molecule has 1 amide bonds. The zero-order chi connectivity index (χ0) is 26.1. The number of hydrogen-bond donors (Lipinski definition) is 1. The lowest BCUT2D eigenvalue weighted by Gasteiger charge is -2.17. The van der Waals surface area contributed by atoms with Crippen LogP contribution >= 0.6 is 0 Å². The van der Waals surface area contributed by atoms with Gasteiger partial charge in [-0.15, -0.1) is 0 Å². The lowest BCUT2D eigenvalue weighted by molar-refractivity contribution is -0.137. The molecule has 0 saturated heterocycles. The number of pyridine rings is 2. The Morgan fingerprint density at radius 2 is 1.86 bits per heavy atom. The van der Waals surface area contributed by atoms with Crippen LogP contribution in [0.1, 0.15) is 27.3 Å². The number of aromatic nitrogens is 2. The zero-order valence-corrected chi connectivity index (χ0v) is 20.3. The van der Waals surface area contributed by atoms with E-state index in [-0.39, 0.29) is 27.7 Å². The molecule has 2 heterocycles. The lowest BCUT2D eigenvalue weighted by atomic mass is 10.1.